The topological polar surface area (TPSA) is 76.4 Å². The Morgan fingerprint density at radius 2 is 1.74 bits per heavy atom. The number of guanidine groups is 1. The molecule has 0 bridgehead atoms. The van der Waals surface area contributed by atoms with Crippen LogP contribution in [0.25, 0.3) is 0 Å². The average molecular weight is 425 g/mol. The maximum atomic E-state index is 13.4. The van der Waals surface area contributed by atoms with Crippen LogP contribution in [-0.4, -0.2) is 40.9 Å². The van der Waals surface area contributed by atoms with Crippen molar-refractivity contribution in [3.63, 3.8) is 0 Å². The molecule has 0 aliphatic heterocycles. The molecule has 0 unspecified atom stereocenters. The number of aromatic nitrogens is 3. The summed E-state index contributed by atoms with van der Waals surface area (Å²) in [6.07, 6.45) is 1.54. The minimum atomic E-state index is -0.221. The monoisotopic (exact) mass is 424 g/mol. The maximum Gasteiger partial charge on any atom is 0.191 e. The van der Waals surface area contributed by atoms with Gasteiger partial charge in [0.1, 0.15) is 23.9 Å². The van der Waals surface area contributed by atoms with Crippen LogP contribution in [0.2, 0.25) is 0 Å². The van der Waals surface area contributed by atoms with Crippen molar-refractivity contribution >= 4 is 5.96 Å². The summed E-state index contributed by atoms with van der Waals surface area (Å²) in [5, 5.41) is 14.9. The highest BCUT2D eigenvalue weighted by molar-refractivity contribution is 5.79. The third-order valence-electron chi connectivity index (χ3n) is 5.02. The van der Waals surface area contributed by atoms with Crippen LogP contribution in [0.15, 0.2) is 53.5 Å². The molecule has 0 spiro atoms. The molecular weight excluding hydrogens is 395 g/mol. The van der Waals surface area contributed by atoms with Crippen LogP contribution in [0.3, 0.4) is 0 Å². The van der Waals surface area contributed by atoms with Crippen molar-refractivity contribution in [1.29, 1.82) is 0 Å². The summed E-state index contributed by atoms with van der Waals surface area (Å²) in [4.78, 5) is 4.65. The number of methoxy groups -OCH3 is 1. The zero-order valence-corrected chi connectivity index (χ0v) is 18.2. The summed E-state index contributed by atoms with van der Waals surface area (Å²) in [6.45, 7) is 3.67. The first-order valence-electron chi connectivity index (χ1n) is 10.3. The number of benzene rings is 2. The van der Waals surface area contributed by atoms with Gasteiger partial charge in [-0.25, -0.2) is 9.38 Å². The second-order valence-electron chi connectivity index (χ2n) is 7.22. The summed E-state index contributed by atoms with van der Waals surface area (Å²) in [5.41, 5.74) is 2.14. The third-order valence-corrected chi connectivity index (χ3v) is 5.02. The number of nitrogens with zero attached hydrogens (tertiary/aromatic N) is 4. The van der Waals surface area contributed by atoms with Gasteiger partial charge >= 0.3 is 0 Å². The lowest BCUT2D eigenvalue weighted by Crippen LogP contribution is -2.39. The Balaban J connectivity index is 1.58. The number of hydrogen-bond donors (Lipinski definition) is 2. The highest BCUT2D eigenvalue weighted by atomic mass is 19.1. The Hall–Kier alpha value is -3.42. The molecule has 1 heterocycles. The molecule has 7 nitrogen and oxygen atoms in total. The largest absolute Gasteiger partial charge is 0.497 e. The fourth-order valence-corrected chi connectivity index (χ4v) is 3.05. The fourth-order valence-electron chi connectivity index (χ4n) is 3.05. The van der Waals surface area contributed by atoms with E-state index in [4.69, 9.17) is 4.74 Å². The van der Waals surface area contributed by atoms with Gasteiger partial charge in [-0.1, -0.05) is 24.3 Å². The fraction of sp³-hybridized carbons (Fsp3) is 0.348. The van der Waals surface area contributed by atoms with Gasteiger partial charge in [-0.2, -0.15) is 0 Å². The number of aliphatic imine (C=N–C) groups is 1. The number of hydrogen-bond acceptors (Lipinski definition) is 4. The molecule has 0 saturated heterocycles. The van der Waals surface area contributed by atoms with Crippen molar-refractivity contribution in [2.24, 2.45) is 12.0 Å². The van der Waals surface area contributed by atoms with Gasteiger partial charge in [0.15, 0.2) is 11.8 Å². The molecule has 0 aliphatic rings. The maximum absolute atomic E-state index is 13.4. The van der Waals surface area contributed by atoms with E-state index >= 15 is 0 Å². The molecule has 0 aliphatic carbocycles. The summed E-state index contributed by atoms with van der Waals surface area (Å²) in [7, 11) is 3.59. The van der Waals surface area contributed by atoms with Crippen molar-refractivity contribution < 1.29 is 9.13 Å². The first kappa shape index (κ1) is 22.3. The van der Waals surface area contributed by atoms with Crippen LogP contribution in [-0.2, 0) is 26.4 Å². The molecular formula is C23H29FN6O. The molecule has 31 heavy (non-hydrogen) atoms. The lowest BCUT2D eigenvalue weighted by Gasteiger charge is -2.13. The smallest absolute Gasteiger partial charge is 0.191 e. The first-order chi connectivity index (χ1) is 15.0. The van der Waals surface area contributed by atoms with Gasteiger partial charge in [0.2, 0.25) is 0 Å². The van der Waals surface area contributed by atoms with E-state index in [1.54, 1.807) is 19.2 Å². The molecule has 2 N–H and O–H groups in total. The predicted octanol–water partition coefficient (Wildman–Crippen LogP) is 2.79. The highest BCUT2D eigenvalue weighted by Gasteiger charge is 2.06. The lowest BCUT2D eigenvalue weighted by molar-refractivity contribution is 0.414. The van der Waals surface area contributed by atoms with Crippen LogP contribution in [0.5, 0.6) is 5.75 Å². The van der Waals surface area contributed by atoms with Gasteiger partial charge in [0.05, 0.1) is 7.11 Å². The van der Waals surface area contributed by atoms with Gasteiger partial charge < -0.3 is 19.9 Å². The van der Waals surface area contributed by atoms with Crippen LogP contribution < -0.4 is 15.4 Å². The van der Waals surface area contributed by atoms with E-state index in [0.29, 0.717) is 25.5 Å². The molecule has 0 atom stereocenters. The Morgan fingerprint density at radius 3 is 2.35 bits per heavy atom. The molecule has 8 heteroatoms. The Kier molecular flexibility index (Phi) is 7.98. The van der Waals surface area contributed by atoms with E-state index in [2.05, 4.69) is 38.0 Å². The molecule has 3 rings (SSSR count). The number of nitrogens with one attached hydrogen (secondary N) is 2. The Morgan fingerprint density at radius 1 is 1.03 bits per heavy atom. The van der Waals surface area contributed by atoms with Gasteiger partial charge in [-0.3, -0.25) is 0 Å². The van der Waals surface area contributed by atoms with Crippen LogP contribution in [0, 0.1) is 12.7 Å². The van der Waals surface area contributed by atoms with Gasteiger partial charge in [0, 0.05) is 20.1 Å². The summed E-state index contributed by atoms with van der Waals surface area (Å²) in [5.74, 6) is 2.95. The van der Waals surface area contributed by atoms with E-state index in [0.717, 1.165) is 35.9 Å². The zero-order valence-electron chi connectivity index (χ0n) is 18.2. The van der Waals surface area contributed by atoms with E-state index < -0.39 is 0 Å². The van der Waals surface area contributed by atoms with Gasteiger partial charge in [-0.05, 0) is 55.2 Å². The van der Waals surface area contributed by atoms with E-state index in [9.17, 15) is 4.39 Å². The van der Waals surface area contributed by atoms with Crippen molar-refractivity contribution in [2.45, 2.75) is 26.3 Å². The van der Waals surface area contributed by atoms with Crippen LogP contribution in [0.1, 0.15) is 22.8 Å². The van der Waals surface area contributed by atoms with Crippen LogP contribution >= 0.6 is 0 Å². The quantitative estimate of drug-likeness (QED) is 0.408. The summed E-state index contributed by atoms with van der Waals surface area (Å²) < 4.78 is 20.5. The van der Waals surface area contributed by atoms with E-state index in [-0.39, 0.29) is 5.82 Å². The Bertz CT molecular complexity index is 1000. The van der Waals surface area contributed by atoms with Crippen molar-refractivity contribution in [2.75, 3.05) is 20.2 Å². The molecule has 0 saturated carbocycles. The first-order valence-corrected chi connectivity index (χ1v) is 10.3. The number of rotatable bonds is 9. The molecule has 1 aromatic heterocycles. The van der Waals surface area contributed by atoms with Gasteiger partial charge in [-0.15, -0.1) is 10.2 Å². The predicted molar refractivity (Wildman–Crippen MR) is 120 cm³/mol. The normalized spacial score (nSPS) is 11.4. The molecule has 0 radical (unpaired) electrons. The molecule has 0 amide bonds. The number of ether oxygens (including phenoxy) is 1. The lowest BCUT2D eigenvalue weighted by atomic mass is 10.1. The average Bonchev–Trinajstić information content (AvgIpc) is 3.10. The molecule has 3 aromatic rings. The molecule has 0 fully saturated rings. The summed E-state index contributed by atoms with van der Waals surface area (Å²) in [6, 6.07) is 14.7. The van der Waals surface area contributed by atoms with Crippen molar-refractivity contribution in [1.82, 2.24) is 25.4 Å². The Labute approximate surface area is 182 Å². The van der Waals surface area contributed by atoms with Crippen molar-refractivity contribution in [3.8, 4) is 5.75 Å². The third kappa shape index (κ3) is 6.80. The summed E-state index contributed by atoms with van der Waals surface area (Å²) >= 11 is 0. The second kappa shape index (κ2) is 11.1. The van der Waals surface area contributed by atoms with Gasteiger partial charge in [0.25, 0.3) is 0 Å². The van der Waals surface area contributed by atoms with Crippen molar-refractivity contribution in [3.05, 3.63) is 77.1 Å². The minimum absolute atomic E-state index is 0.221. The highest BCUT2D eigenvalue weighted by Crippen LogP contribution is 2.11. The van der Waals surface area contributed by atoms with E-state index in [1.165, 1.54) is 11.6 Å². The minimum Gasteiger partial charge on any atom is -0.497 e. The second-order valence-corrected chi connectivity index (χ2v) is 7.22. The SMILES string of the molecule is COc1ccc(CCNC(=NCc2nnc(C)n2C)NCCc2cccc(F)c2)cc1. The molecule has 164 valence electrons. The molecule has 2 aromatic carbocycles. The van der Waals surface area contributed by atoms with E-state index in [1.807, 2.05) is 36.7 Å². The zero-order chi connectivity index (χ0) is 22.1. The standard InChI is InChI=1S/C23H29FN6O/c1-17-28-29-22(30(17)2)16-27-23(26-14-12-19-5-4-6-20(24)15-19)25-13-11-18-7-9-21(31-3)10-8-18/h4-10,15H,11-14,16H2,1-3H3,(H2,25,26,27). The number of halogens is 1. The number of aryl methyl sites for hydroxylation is 1. The van der Waals surface area contributed by atoms with Crippen LogP contribution in [0.4, 0.5) is 4.39 Å².